The zero-order valence-corrected chi connectivity index (χ0v) is 25.9. The summed E-state index contributed by atoms with van der Waals surface area (Å²) in [6, 6.07) is 16.5. The quantitative estimate of drug-likeness (QED) is 0.122. The Morgan fingerprint density at radius 1 is 0.810 bits per heavy atom. The first-order chi connectivity index (χ1) is 19.7. The number of hydrogen-bond acceptors (Lipinski definition) is 7. The van der Waals surface area contributed by atoms with Gasteiger partial charge in [0, 0.05) is 6.54 Å². The summed E-state index contributed by atoms with van der Waals surface area (Å²) in [5.74, 6) is -0.246. The number of ether oxygens (including phenoxy) is 4. The Labute approximate surface area is 250 Å². The molecule has 2 rings (SSSR count). The van der Waals surface area contributed by atoms with E-state index in [1.54, 1.807) is 40.0 Å². The molecule has 0 aliphatic carbocycles. The Balaban J connectivity index is 2.08. The SMILES string of the molecule is COc1ccc(C[C@H](/C=C/[C@@H](CCCNC(=O)OCc2ccccc2)C(=O)OC(C)(C)C)NC(=O)OC(C)(C)C)cc1. The topological polar surface area (TPSA) is 112 Å². The molecule has 9 heteroatoms. The molecule has 0 heterocycles. The second-order valence-corrected chi connectivity index (χ2v) is 12.0. The molecule has 2 aromatic rings. The highest BCUT2D eigenvalue weighted by atomic mass is 16.6. The molecule has 2 N–H and O–H groups in total. The summed E-state index contributed by atoms with van der Waals surface area (Å²) >= 11 is 0. The minimum absolute atomic E-state index is 0.177. The zero-order valence-electron chi connectivity index (χ0n) is 25.9. The average molecular weight is 583 g/mol. The van der Waals surface area contributed by atoms with E-state index in [1.807, 2.05) is 75.4 Å². The number of carbonyl (C=O) groups excluding carboxylic acids is 3. The normalized spacial score (nSPS) is 13.1. The highest BCUT2D eigenvalue weighted by molar-refractivity contribution is 5.75. The van der Waals surface area contributed by atoms with Crippen molar-refractivity contribution in [2.45, 2.75) is 84.7 Å². The minimum Gasteiger partial charge on any atom is -0.497 e. The van der Waals surface area contributed by atoms with Crippen LogP contribution in [0.25, 0.3) is 0 Å². The van der Waals surface area contributed by atoms with Crippen LogP contribution in [0.15, 0.2) is 66.7 Å². The van der Waals surface area contributed by atoms with Crippen LogP contribution in [0.3, 0.4) is 0 Å². The molecular weight excluding hydrogens is 536 g/mol. The molecule has 0 fully saturated rings. The third kappa shape index (κ3) is 14.6. The van der Waals surface area contributed by atoms with Crippen molar-refractivity contribution >= 4 is 18.2 Å². The summed E-state index contributed by atoms with van der Waals surface area (Å²) in [5.41, 5.74) is 0.535. The van der Waals surface area contributed by atoms with Crippen LogP contribution < -0.4 is 15.4 Å². The van der Waals surface area contributed by atoms with Crippen LogP contribution in [-0.2, 0) is 32.0 Å². The van der Waals surface area contributed by atoms with E-state index in [-0.39, 0.29) is 12.6 Å². The van der Waals surface area contributed by atoms with Gasteiger partial charge in [-0.2, -0.15) is 0 Å². The first kappa shape index (κ1) is 34.2. The molecule has 0 radical (unpaired) electrons. The highest BCUT2D eigenvalue weighted by Gasteiger charge is 2.24. The standard InChI is InChI=1S/C33H46N2O7/c1-32(2,3)41-29(36)26(14-11-21-34-30(37)40-23-25-12-9-8-10-13-25)17-18-27(35-31(38)42-33(4,5)6)22-24-15-19-28(39-7)20-16-24/h8-10,12-13,15-20,26-27H,11,14,21-23H2,1-7H3,(H,34,37)(H,35,38)/b18-17+/t26-,27+/m1/s1. The molecule has 0 bridgehead atoms. The Hall–Kier alpha value is -4.01. The summed E-state index contributed by atoms with van der Waals surface area (Å²) in [6.45, 7) is 11.3. The zero-order chi connectivity index (χ0) is 31.2. The molecule has 0 spiro atoms. The van der Waals surface area contributed by atoms with Crippen molar-refractivity contribution in [3.63, 3.8) is 0 Å². The fourth-order valence-electron chi connectivity index (χ4n) is 3.87. The fourth-order valence-corrected chi connectivity index (χ4v) is 3.87. The molecule has 2 aromatic carbocycles. The number of carbonyl (C=O) groups is 3. The molecule has 0 saturated heterocycles. The Kier molecular flexibility index (Phi) is 13.4. The number of alkyl carbamates (subject to hydrolysis) is 2. The van der Waals surface area contributed by atoms with Gasteiger partial charge in [-0.25, -0.2) is 9.59 Å². The molecule has 230 valence electrons. The van der Waals surface area contributed by atoms with Crippen molar-refractivity contribution in [3.8, 4) is 5.75 Å². The summed E-state index contributed by atoms with van der Waals surface area (Å²) in [6.07, 6.45) is 3.87. The van der Waals surface area contributed by atoms with Gasteiger partial charge in [-0.1, -0.05) is 54.6 Å². The number of methoxy groups -OCH3 is 1. The first-order valence-corrected chi connectivity index (χ1v) is 14.2. The number of nitrogens with one attached hydrogen (secondary N) is 2. The predicted octanol–water partition coefficient (Wildman–Crippen LogP) is 6.35. The second kappa shape index (κ2) is 16.4. The Morgan fingerprint density at radius 2 is 1.45 bits per heavy atom. The lowest BCUT2D eigenvalue weighted by atomic mass is 9.99. The lowest BCUT2D eigenvalue weighted by molar-refractivity contribution is -0.158. The van der Waals surface area contributed by atoms with Crippen molar-refractivity contribution in [1.29, 1.82) is 0 Å². The molecule has 0 aliphatic heterocycles. The van der Waals surface area contributed by atoms with Gasteiger partial charge in [0.1, 0.15) is 23.6 Å². The maximum atomic E-state index is 13.1. The van der Waals surface area contributed by atoms with Crippen LogP contribution in [-0.4, -0.2) is 49.1 Å². The van der Waals surface area contributed by atoms with E-state index in [0.29, 0.717) is 25.8 Å². The molecular formula is C33H46N2O7. The maximum absolute atomic E-state index is 13.1. The van der Waals surface area contributed by atoms with E-state index in [2.05, 4.69) is 10.6 Å². The van der Waals surface area contributed by atoms with Crippen molar-refractivity contribution < 1.29 is 33.3 Å². The van der Waals surface area contributed by atoms with E-state index < -0.39 is 35.3 Å². The van der Waals surface area contributed by atoms with Gasteiger partial charge >= 0.3 is 18.2 Å². The third-order valence-corrected chi connectivity index (χ3v) is 5.78. The number of rotatable bonds is 13. The lowest BCUT2D eigenvalue weighted by Gasteiger charge is -2.24. The van der Waals surface area contributed by atoms with E-state index in [1.165, 1.54) is 0 Å². The molecule has 2 atom stereocenters. The molecule has 42 heavy (non-hydrogen) atoms. The molecule has 9 nitrogen and oxygen atoms in total. The first-order valence-electron chi connectivity index (χ1n) is 14.2. The van der Waals surface area contributed by atoms with Gasteiger partial charge in [0.15, 0.2) is 0 Å². The number of amides is 2. The van der Waals surface area contributed by atoms with E-state index in [4.69, 9.17) is 18.9 Å². The van der Waals surface area contributed by atoms with Crippen LogP contribution >= 0.6 is 0 Å². The molecule has 0 aliphatic rings. The molecule has 2 amide bonds. The van der Waals surface area contributed by atoms with Gasteiger partial charge < -0.3 is 29.6 Å². The van der Waals surface area contributed by atoms with E-state index in [9.17, 15) is 14.4 Å². The van der Waals surface area contributed by atoms with Crippen molar-refractivity contribution in [1.82, 2.24) is 10.6 Å². The Morgan fingerprint density at radius 3 is 2.05 bits per heavy atom. The van der Waals surface area contributed by atoms with Crippen molar-refractivity contribution in [2.24, 2.45) is 5.92 Å². The summed E-state index contributed by atoms with van der Waals surface area (Å²) in [5, 5.41) is 5.63. The molecule has 0 unspecified atom stereocenters. The van der Waals surface area contributed by atoms with Crippen LogP contribution in [0.4, 0.5) is 9.59 Å². The third-order valence-electron chi connectivity index (χ3n) is 5.78. The van der Waals surface area contributed by atoms with Crippen LogP contribution in [0.2, 0.25) is 0 Å². The highest BCUT2D eigenvalue weighted by Crippen LogP contribution is 2.19. The van der Waals surface area contributed by atoms with Crippen LogP contribution in [0.1, 0.15) is 65.5 Å². The van der Waals surface area contributed by atoms with Gasteiger partial charge in [0.25, 0.3) is 0 Å². The number of esters is 1. The van der Waals surface area contributed by atoms with Crippen LogP contribution in [0, 0.1) is 5.92 Å². The predicted molar refractivity (Wildman–Crippen MR) is 162 cm³/mol. The van der Waals surface area contributed by atoms with Gasteiger partial charge in [0.05, 0.1) is 19.1 Å². The lowest BCUT2D eigenvalue weighted by Crippen LogP contribution is -2.39. The monoisotopic (exact) mass is 582 g/mol. The minimum atomic E-state index is -0.667. The van der Waals surface area contributed by atoms with Gasteiger partial charge in [-0.3, -0.25) is 4.79 Å². The largest absolute Gasteiger partial charge is 0.497 e. The number of benzene rings is 2. The van der Waals surface area contributed by atoms with Gasteiger partial charge in [0.2, 0.25) is 0 Å². The second-order valence-electron chi connectivity index (χ2n) is 12.0. The van der Waals surface area contributed by atoms with E-state index >= 15 is 0 Å². The molecule has 0 saturated carbocycles. The number of hydrogen-bond donors (Lipinski definition) is 2. The maximum Gasteiger partial charge on any atom is 0.408 e. The summed E-state index contributed by atoms with van der Waals surface area (Å²) in [7, 11) is 1.60. The fraction of sp³-hybridized carbons (Fsp3) is 0.485. The van der Waals surface area contributed by atoms with Crippen LogP contribution in [0.5, 0.6) is 5.75 Å². The summed E-state index contributed by atoms with van der Waals surface area (Å²) in [4.78, 5) is 37.8. The molecule has 0 aromatic heterocycles. The van der Waals surface area contributed by atoms with E-state index in [0.717, 1.165) is 16.9 Å². The van der Waals surface area contributed by atoms with Crippen molar-refractivity contribution in [2.75, 3.05) is 13.7 Å². The summed E-state index contributed by atoms with van der Waals surface area (Å²) < 4.78 is 21.6. The van der Waals surface area contributed by atoms with Gasteiger partial charge in [-0.15, -0.1) is 0 Å². The van der Waals surface area contributed by atoms with Gasteiger partial charge in [-0.05, 0) is 84.1 Å². The Bertz CT molecular complexity index is 1150. The average Bonchev–Trinajstić information content (AvgIpc) is 2.90. The smallest absolute Gasteiger partial charge is 0.408 e. The van der Waals surface area contributed by atoms with Crippen molar-refractivity contribution in [3.05, 3.63) is 77.9 Å².